The fourth-order valence-electron chi connectivity index (χ4n) is 4.98. The van der Waals surface area contributed by atoms with Crippen LogP contribution in [0.5, 0.6) is 0 Å². The number of nitrogens with two attached hydrogens (primary N) is 1. The van der Waals surface area contributed by atoms with Crippen molar-refractivity contribution in [1.29, 1.82) is 0 Å². The van der Waals surface area contributed by atoms with E-state index in [1.54, 1.807) is 6.07 Å². The Balaban J connectivity index is 1.46. The smallest absolute Gasteiger partial charge is 0.228 e. The molecule has 0 amide bonds. The number of aryl methyl sites for hydroxylation is 1. The first kappa shape index (κ1) is 20.8. The van der Waals surface area contributed by atoms with E-state index >= 15 is 0 Å². The highest BCUT2D eigenvalue weighted by molar-refractivity contribution is 6.35. The number of anilines is 2. The van der Waals surface area contributed by atoms with Gasteiger partial charge in [0.05, 0.1) is 5.69 Å². The normalized spacial score (nSPS) is 20.8. The zero-order valence-electron chi connectivity index (χ0n) is 17.8. The average molecular weight is 460 g/mol. The second-order valence-electron chi connectivity index (χ2n) is 8.77. The molecule has 0 saturated carbocycles. The van der Waals surface area contributed by atoms with Crippen LogP contribution in [0.25, 0.3) is 11.0 Å². The largest absolute Gasteiger partial charge is 0.382 e. The summed E-state index contributed by atoms with van der Waals surface area (Å²) in [6.45, 7) is 6.31. The van der Waals surface area contributed by atoms with E-state index < -0.39 is 0 Å². The van der Waals surface area contributed by atoms with Crippen molar-refractivity contribution in [2.24, 2.45) is 18.9 Å². The number of fused-ring (bicyclic) bond motifs is 1. The van der Waals surface area contributed by atoms with Gasteiger partial charge < -0.3 is 16.0 Å². The maximum atomic E-state index is 6.49. The van der Waals surface area contributed by atoms with Crippen molar-refractivity contribution in [1.82, 2.24) is 25.1 Å². The number of piperidine rings is 1. The zero-order chi connectivity index (χ0) is 21.7. The van der Waals surface area contributed by atoms with Crippen molar-refractivity contribution in [3.63, 3.8) is 0 Å². The molecular weight excluding hydrogens is 433 g/mol. The molecule has 0 spiro atoms. The summed E-state index contributed by atoms with van der Waals surface area (Å²) < 4.78 is 1.84. The molecular formula is C22H27Cl2N7. The Kier molecular flexibility index (Phi) is 5.44. The molecule has 5 rings (SSSR count). The molecule has 2 aromatic heterocycles. The summed E-state index contributed by atoms with van der Waals surface area (Å²) in [6, 6.07) is 5.58. The number of nitrogen functional groups attached to an aromatic ring is 1. The summed E-state index contributed by atoms with van der Waals surface area (Å²) in [6.07, 6.45) is 2.57. The highest BCUT2D eigenvalue weighted by Gasteiger charge is 2.36. The lowest BCUT2D eigenvalue weighted by Crippen LogP contribution is -2.53. The molecule has 1 aromatic carbocycles. The average Bonchev–Trinajstić information content (AvgIpc) is 3.04. The molecule has 0 bridgehead atoms. The van der Waals surface area contributed by atoms with Crippen molar-refractivity contribution >= 4 is 46.0 Å². The number of benzene rings is 1. The molecule has 0 aliphatic carbocycles. The number of rotatable bonds is 4. The third kappa shape index (κ3) is 3.73. The van der Waals surface area contributed by atoms with Gasteiger partial charge in [0.2, 0.25) is 5.95 Å². The van der Waals surface area contributed by atoms with Crippen LogP contribution in [0.1, 0.15) is 36.9 Å². The van der Waals surface area contributed by atoms with E-state index in [9.17, 15) is 0 Å². The molecule has 164 valence electrons. The van der Waals surface area contributed by atoms with E-state index in [0.29, 0.717) is 33.2 Å². The molecule has 2 atom stereocenters. The van der Waals surface area contributed by atoms with Crippen LogP contribution in [0.3, 0.4) is 0 Å². The first-order valence-corrected chi connectivity index (χ1v) is 11.6. The standard InChI is InChI=1S/C22H27Cl2N7/c1-12(16-6-5-15(23)8-17(16)24)20-18-19(29-30(20)2)21(25)28-22(27-18)31-10-14(11-31)13-4-3-7-26-9-13/h5-6,8,12-14,26H,3-4,7,9-11H2,1-2H3,(H2,25,27,28)/t12-,13+/m1/s1. The monoisotopic (exact) mass is 459 g/mol. The number of aromatic nitrogens is 4. The Labute approximate surface area is 191 Å². The Bertz CT molecular complexity index is 1120. The summed E-state index contributed by atoms with van der Waals surface area (Å²) in [5.41, 5.74) is 9.67. The lowest BCUT2D eigenvalue weighted by Gasteiger charge is -2.44. The number of hydrogen-bond donors (Lipinski definition) is 2. The van der Waals surface area contributed by atoms with E-state index in [-0.39, 0.29) is 5.92 Å². The molecule has 4 heterocycles. The zero-order valence-corrected chi connectivity index (χ0v) is 19.3. The van der Waals surface area contributed by atoms with Gasteiger partial charge in [-0.05, 0) is 55.5 Å². The second kappa shape index (κ2) is 8.11. The highest BCUT2D eigenvalue weighted by atomic mass is 35.5. The van der Waals surface area contributed by atoms with E-state index in [1.807, 2.05) is 23.9 Å². The van der Waals surface area contributed by atoms with Crippen LogP contribution in [-0.4, -0.2) is 45.9 Å². The maximum Gasteiger partial charge on any atom is 0.228 e. The molecule has 9 heteroatoms. The predicted octanol–water partition coefficient (Wildman–Crippen LogP) is 3.84. The number of nitrogens with zero attached hydrogens (tertiary/aromatic N) is 5. The molecule has 2 fully saturated rings. The number of nitrogens with one attached hydrogen (secondary N) is 1. The van der Waals surface area contributed by atoms with Crippen molar-refractivity contribution in [2.45, 2.75) is 25.7 Å². The van der Waals surface area contributed by atoms with Crippen LogP contribution < -0.4 is 16.0 Å². The Morgan fingerprint density at radius 1 is 1.16 bits per heavy atom. The molecule has 3 N–H and O–H groups in total. The lowest BCUT2D eigenvalue weighted by molar-refractivity contribution is 0.222. The van der Waals surface area contributed by atoms with Crippen molar-refractivity contribution in [3.05, 3.63) is 39.5 Å². The van der Waals surface area contributed by atoms with Crippen LogP contribution in [0.2, 0.25) is 10.0 Å². The van der Waals surface area contributed by atoms with Crippen LogP contribution in [0.4, 0.5) is 11.8 Å². The summed E-state index contributed by atoms with van der Waals surface area (Å²) in [7, 11) is 1.91. The van der Waals surface area contributed by atoms with Crippen LogP contribution in [0, 0.1) is 11.8 Å². The Morgan fingerprint density at radius 3 is 2.68 bits per heavy atom. The van der Waals surface area contributed by atoms with E-state index in [1.165, 1.54) is 12.8 Å². The number of hydrogen-bond acceptors (Lipinski definition) is 6. The Morgan fingerprint density at radius 2 is 1.97 bits per heavy atom. The molecule has 3 aromatic rings. The quantitative estimate of drug-likeness (QED) is 0.616. The van der Waals surface area contributed by atoms with E-state index in [2.05, 4.69) is 27.2 Å². The van der Waals surface area contributed by atoms with Gasteiger partial charge in [0.1, 0.15) is 5.52 Å². The van der Waals surface area contributed by atoms with E-state index in [0.717, 1.165) is 48.9 Å². The third-order valence-electron chi connectivity index (χ3n) is 6.77. The summed E-state index contributed by atoms with van der Waals surface area (Å²) in [5.74, 6) is 2.51. The van der Waals surface area contributed by atoms with Gasteiger partial charge in [-0.3, -0.25) is 4.68 Å². The van der Waals surface area contributed by atoms with Gasteiger partial charge in [0.25, 0.3) is 0 Å². The van der Waals surface area contributed by atoms with Crippen molar-refractivity contribution in [3.8, 4) is 0 Å². The van der Waals surface area contributed by atoms with Gasteiger partial charge in [-0.25, -0.2) is 4.98 Å². The molecule has 2 saturated heterocycles. The fraction of sp³-hybridized carbons (Fsp3) is 0.500. The van der Waals surface area contributed by atoms with Gasteiger partial charge in [-0.2, -0.15) is 10.1 Å². The van der Waals surface area contributed by atoms with E-state index in [4.69, 9.17) is 33.9 Å². The lowest BCUT2D eigenvalue weighted by atomic mass is 9.81. The van der Waals surface area contributed by atoms with Gasteiger partial charge in [0.15, 0.2) is 11.3 Å². The summed E-state index contributed by atoms with van der Waals surface area (Å²) in [5, 5.41) is 9.37. The molecule has 31 heavy (non-hydrogen) atoms. The minimum atomic E-state index is -0.0284. The molecule has 0 unspecified atom stereocenters. The number of halogens is 2. The Hall–Kier alpha value is -2.09. The third-order valence-corrected chi connectivity index (χ3v) is 7.34. The van der Waals surface area contributed by atoms with Crippen LogP contribution >= 0.6 is 23.2 Å². The first-order chi connectivity index (χ1) is 14.9. The summed E-state index contributed by atoms with van der Waals surface area (Å²) in [4.78, 5) is 11.7. The molecule has 0 radical (unpaired) electrons. The fourth-order valence-corrected chi connectivity index (χ4v) is 5.55. The SMILES string of the molecule is C[C@H](c1ccc(Cl)cc1Cl)c1c2nc(N3CC([C@H]4CCCNC4)C3)nc(N)c2nn1C. The van der Waals surface area contributed by atoms with Gasteiger partial charge in [0, 0.05) is 36.1 Å². The molecule has 2 aliphatic heterocycles. The highest BCUT2D eigenvalue weighted by Crippen LogP contribution is 2.37. The second-order valence-corrected chi connectivity index (χ2v) is 9.62. The minimum absolute atomic E-state index is 0.0284. The van der Waals surface area contributed by atoms with Crippen LogP contribution in [-0.2, 0) is 7.05 Å². The van der Waals surface area contributed by atoms with Gasteiger partial charge in [-0.1, -0.05) is 36.2 Å². The minimum Gasteiger partial charge on any atom is -0.382 e. The predicted molar refractivity (Wildman–Crippen MR) is 126 cm³/mol. The van der Waals surface area contributed by atoms with Crippen molar-refractivity contribution in [2.75, 3.05) is 36.8 Å². The van der Waals surface area contributed by atoms with Gasteiger partial charge >= 0.3 is 0 Å². The first-order valence-electron chi connectivity index (χ1n) is 10.8. The maximum absolute atomic E-state index is 6.49. The van der Waals surface area contributed by atoms with Gasteiger partial charge in [-0.15, -0.1) is 0 Å². The topological polar surface area (TPSA) is 84.9 Å². The summed E-state index contributed by atoms with van der Waals surface area (Å²) >= 11 is 12.6. The molecule has 2 aliphatic rings. The van der Waals surface area contributed by atoms with Crippen LogP contribution in [0.15, 0.2) is 18.2 Å². The molecule has 7 nitrogen and oxygen atoms in total. The van der Waals surface area contributed by atoms with Crippen molar-refractivity contribution < 1.29 is 0 Å².